The van der Waals surface area contributed by atoms with E-state index in [0.29, 0.717) is 17.9 Å². The van der Waals surface area contributed by atoms with E-state index in [2.05, 4.69) is 15.6 Å². The smallest absolute Gasteiger partial charge is 0.224 e. The number of carbonyl (C=O) groups is 1. The average Bonchev–Trinajstić information content (AvgIpc) is 2.37. The van der Waals surface area contributed by atoms with E-state index in [1.54, 1.807) is 25.3 Å². The number of aliphatic hydroxyl groups is 1. The third kappa shape index (κ3) is 4.40. The molecule has 3 N–H and O–H groups in total. The summed E-state index contributed by atoms with van der Waals surface area (Å²) in [6, 6.07) is 3.58. The Labute approximate surface area is 101 Å². The zero-order chi connectivity index (χ0) is 12.7. The molecular weight excluding hydrogens is 218 g/mol. The molecule has 1 unspecified atom stereocenters. The highest BCUT2D eigenvalue weighted by Crippen LogP contribution is 2.11. The molecule has 0 fully saturated rings. The Morgan fingerprint density at radius 1 is 1.47 bits per heavy atom. The van der Waals surface area contributed by atoms with Gasteiger partial charge in [0.05, 0.1) is 24.5 Å². The third-order valence-corrected chi connectivity index (χ3v) is 2.43. The molecule has 0 radical (unpaired) electrons. The number of aliphatic hydroxyl groups excluding tert-OH is 1. The molecule has 0 aliphatic carbocycles. The monoisotopic (exact) mass is 237 g/mol. The topological polar surface area (TPSA) is 74.2 Å². The molecule has 1 rings (SSSR count). The largest absolute Gasteiger partial charge is 0.394 e. The van der Waals surface area contributed by atoms with Crippen molar-refractivity contribution in [3.63, 3.8) is 0 Å². The van der Waals surface area contributed by atoms with Crippen LogP contribution in [0, 0.1) is 0 Å². The van der Waals surface area contributed by atoms with Gasteiger partial charge in [0.25, 0.3) is 0 Å². The maximum absolute atomic E-state index is 11.1. The van der Waals surface area contributed by atoms with Crippen molar-refractivity contribution in [2.24, 2.45) is 0 Å². The second-order valence-corrected chi connectivity index (χ2v) is 3.77. The van der Waals surface area contributed by atoms with Crippen molar-refractivity contribution in [3.05, 3.63) is 18.3 Å². The van der Waals surface area contributed by atoms with Crippen LogP contribution in [0.2, 0.25) is 0 Å². The van der Waals surface area contributed by atoms with Crippen LogP contribution in [0.25, 0.3) is 0 Å². The Morgan fingerprint density at radius 3 is 2.71 bits per heavy atom. The summed E-state index contributed by atoms with van der Waals surface area (Å²) in [7, 11) is 0. The summed E-state index contributed by atoms with van der Waals surface area (Å²) in [6.45, 7) is 3.86. The fraction of sp³-hybridized carbons (Fsp3) is 0.500. The summed E-state index contributed by atoms with van der Waals surface area (Å²) >= 11 is 0. The van der Waals surface area contributed by atoms with Crippen LogP contribution in [0.15, 0.2) is 18.3 Å². The van der Waals surface area contributed by atoms with Crippen molar-refractivity contribution < 1.29 is 9.90 Å². The van der Waals surface area contributed by atoms with Gasteiger partial charge in [-0.3, -0.25) is 4.79 Å². The van der Waals surface area contributed by atoms with Crippen LogP contribution in [0.1, 0.15) is 26.7 Å². The summed E-state index contributed by atoms with van der Waals surface area (Å²) < 4.78 is 0. The van der Waals surface area contributed by atoms with Gasteiger partial charge in [0, 0.05) is 6.42 Å². The fourth-order valence-corrected chi connectivity index (χ4v) is 1.29. The lowest BCUT2D eigenvalue weighted by atomic mass is 10.2. The number of nitrogens with zero attached hydrogens (tertiary/aromatic N) is 1. The van der Waals surface area contributed by atoms with Crippen molar-refractivity contribution in [2.75, 3.05) is 17.2 Å². The van der Waals surface area contributed by atoms with Crippen LogP contribution < -0.4 is 10.6 Å². The van der Waals surface area contributed by atoms with Crippen LogP contribution in [-0.4, -0.2) is 28.6 Å². The fourth-order valence-electron chi connectivity index (χ4n) is 1.29. The molecule has 0 bridgehead atoms. The van der Waals surface area contributed by atoms with E-state index in [1.807, 2.05) is 6.92 Å². The highest BCUT2D eigenvalue weighted by atomic mass is 16.3. The Kier molecular flexibility index (Phi) is 5.42. The van der Waals surface area contributed by atoms with Crippen molar-refractivity contribution in [3.8, 4) is 0 Å². The Hall–Kier alpha value is -1.62. The molecule has 0 aliphatic heterocycles. The molecule has 0 saturated heterocycles. The Morgan fingerprint density at radius 2 is 2.24 bits per heavy atom. The molecule has 0 aliphatic rings. The number of anilines is 2. The van der Waals surface area contributed by atoms with Gasteiger partial charge >= 0.3 is 0 Å². The molecule has 0 aromatic carbocycles. The second-order valence-electron chi connectivity index (χ2n) is 3.77. The van der Waals surface area contributed by atoms with Crippen molar-refractivity contribution in [2.45, 2.75) is 32.7 Å². The average molecular weight is 237 g/mol. The van der Waals surface area contributed by atoms with Crippen molar-refractivity contribution in [1.29, 1.82) is 0 Å². The highest BCUT2D eigenvalue weighted by molar-refractivity contribution is 5.90. The minimum Gasteiger partial charge on any atom is -0.394 e. The van der Waals surface area contributed by atoms with E-state index >= 15 is 0 Å². The number of aromatic nitrogens is 1. The molecule has 1 heterocycles. The lowest BCUT2D eigenvalue weighted by Gasteiger charge is -2.14. The molecule has 1 aromatic heterocycles. The van der Waals surface area contributed by atoms with Crippen LogP contribution in [0.5, 0.6) is 0 Å². The summed E-state index contributed by atoms with van der Waals surface area (Å²) in [5, 5.41) is 14.9. The number of hydrogen-bond acceptors (Lipinski definition) is 4. The summed E-state index contributed by atoms with van der Waals surface area (Å²) in [4.78, 5) is 15.3. The summed E-state index contributed by atoms with van der Waals surface area (Å²) in [5.74, 6) is 0.662. The zero-order valence-corrected chi connectivity index (χ0v) is 10.2. The van der Waals surface area contributed by atoms with E-state index in [-0.39, 0.29) is 18.6 Å². The van der Waals surface area contributed by atoms with Crippen molar-refractivity contribution in [1.82, 2.24) is 4.98 Å². The van der Waals surface area contributed by atoms with E-state index in [9.17, 15) is 4.79 Å². The minimum atomic E-state index is -0.0331. The van der Waals surface area contributed by atoms with E-state index in [0.717, 1.165) is 6.42 Å². The first-order valence-corrected chi connectivity index (χ1v) is 5.82. The van der Waals surface area contributed by atoms with E-state index < -0.39 is 0 Å². The quantitative estimate of drug-likeness (QED) is 0.702. The predicted octanol–water partition coefficient (Wildman–Crippen LogP) is 1.61. The SMILES string of the molecule is CCC(=O)Nc1ccc(NC(CC)CO)nc1. The molecule has 0 spiro atoms. The Balaban J connectivity index is 2.58. The number of nitrogens with one attached hydrogen (secondary N) is 2. The third-order valence-electron chi connectivity index (χ3n) is 2.43. The molecular formula is C12H19N3O2. The second kappa shape index (κ2) is 6.85. The number of rotatable bonds is 6. The minimum absolute atomic E-state index is 0.0126. The predicted molar refractivity (Wildman–Crippen MR) is 67.9 cm³/mol. The van der Waals surface area contributed by atoms with E-state index in [1.165, 1.54) is 0 Å². The van der Waals surface area contributed by atoms with E-state index in [4.69, 9.17) is 5.11 Å². The van der Waals surface area contributed by atoms with Gasteiger partial charge in [-0.2, -0.15) is 0 Å². The number of hydrogen-bond donors (Lipinski definition) is 3. The maximum Gasteiger partial charge on any atom is 0.224 e. The first-order valence-electron chi connectivity index (χ1n) is 5.82. The van der Waals surface area contributed by atoms with Gasteiger partial charge in [0.2, 0.25) is 5.91 Å². The standard InChI is InChI=1S/C12H19N3O2/c1-3-9(8-16)14-11-6-5-10(7-13-11)15-12(17)4-2/h5-7,9,16H,3-4,8H2,1-2H3,(H,13,14)(H,15,17). The first kappa shape index (κ1) is 13.4. The molecule has 17 heavy (non-hydrogen) atoms. The molecule has 1 aromatic rings. The van der Waals surface area contributed by atoms with Gasteiger partial charge in [0.1, 0.15) is 5.82 Å². The van der Waals surface area contributed by atoms with Crippen molar-refractivity contribution >= 4 is 17.4 Å². The summed E-state index contributed by atoms with van der Waals surface area (Å²) in [5.41, 5.74) is 0.680. The molecule has 94 valence electrons. The van der Waals surface area contributed by atoms with Gasteiger partial charge in [-0.1, -0.05) is 13.8 Å². The normalized spacial score (nSPS) is 11.9. The van der Waals surface area contributed by atoms with Crippen LogP contribution in [0.3, 0.4) is 0 Å². The lowest BCUT2D eigenvalue weighted by Crippen LogP contribution is -2.23. The number of carbonyl (C=O) groups excluding carboxylic acids is 1. The van der Waals surface area contributed by atoms with Gasteiger partial charge < -0.3 is 15.7 Å². The van der Waals surface area contributed by atoms with Crippen LogP contribution >= 0.6 is 0 Å². The lowest BCUT2D eigenvalue weighted by molar-refractivity contribution is -0.115. The zero-order valence-electron chi connectivity index (χ0n) is 10.2. The molecule has 5 nitrogen and oxygen atoms in total. The van der Waals surface area contributed by atoms with Gasteiger partial charge in [-0.05, 0) is 18.6 Å². The van der Waals surface area contributed by atoms with Gasteiger partial charge in [-0.15, -0.1) is 0 Å². The summed E-state index contributed by atoms with van der Waals surface area (Å²) in [6.07, 6.45) is 2.87. The van der Waals surface area contributed by atoms with Crippen LogP contribution in [-0.2, 0) is 4.79 Å². The molecule has 1 atom stereocenters. The highest BCUT2D eigenvalue weighted by Gasteiger charge is 2.05. The first-order chi connectivity index (χ1) is 8.19. The number of amides is 1. The van der Waals surface area contributed by atoms with Crippen LogP contribution in [0.4, 0.5) is 11.5 Å². The molecule has 0 saturated carbocycles. The maximum atomic E-state index is 11.1. The van der Waals surface area contributed by atoms with Gasteiger partial charge in [0.15, 0.2) is 0 Å². The van der Waals surface area contributed by atoms with Gasteiger partial charge in [-0.25, -0.2) is 4.98 Å². The Bertz CT molecular complexity index is 347. The molecule has 5 heteroatoms. The number of pyridine rings is 1. The molecule has 1 amide bonds.